The molecule has 31 heavy (non-hydrogen) atoms. The quantitative estimate of drug-likeness (QED) is 0.556. The van der Waals surface area contributed by atoms with Crippen LogP contribution in [0.3, 0.4) is 0 Å². The smallest absolute Gasteiger partial charge is 0.226 e. The summed E-state index contributed by atoms with van der Waals surface area (Å²) in [6, 6.07) is 15.5. The predicted octanol–water partition coefficient (Wildman–Crippen LogP) is 4.72. The fourth-order valence-corrected chi connectivity index (χ4v) is 3.48. The Hall–Kier alpha value is -3.41. The maximum atomic E-state index is 12.3. The summed E-state index contributed by atoms with van der Waals surface area (Å²) in [5, 5.41) is 10.4. The number of rotatable bonds is 8. The van der Waals surface area contributed by atoms with E-state index < -0.39 is 0 Å². The lowest BCUT2D eigenvalue weighted by atomic mass is 10.1. The molecule has 0 aliphatic heterocycles. The van der Waals surface area contributed by atoms with E-state index in [0.29, 0.717) is 25.8 Å². The Kier molecular flexibility index (Phi) is 7.23. The monoisotopic (exact) mass is 418 g/mol. The van der Waals surface area contributed by atoms with Gasteiger partial charge in [-0.25, -0.2) is 0 Å². The molecule has 0 radical (unpaired) electrons. The molecule has 6 nitrogen and oxygen atoms in total. The fraction of sp³-hybridized carbons (Fsp3) is 0.320. The molecule has 2 amide bonds. The van der Waals surface area contributed by atoms with E-state index in [2.05, 4.69) is 15.7 Å². The lowest BCUT2D eigenvalue weighted by Crippen LogP contribution is -2.16. The first kappa shape index (κ1) is 22.3. The highest BCUT2D eigenvalue weighted by molar-refractivity contribution is 5.91. The van der Waals surface area contributed by atoms with E-state index in [1.807, 2.05) is 80.9 Å². The van der Waals surface area contributed by atoms with E-state index in [1.165, 1.54) is 0 Å². The topological polar surface area (TPSA) is 76.0 Å². The molecular formula is C25H30N4O2. The van der Waals surface area contributed by atoms with Gasteiger partial charge in [0.15, 0.2) is 0 Å². The molecule has 0 aliphatic rings. The molecule has 2 aromatic carbocycles. The first-order valence-corrected chi connectivity index (χ1v) is 10.6. The van der Waals surface area contributed by atoms with Crippen LogP contribution in [-0.4, -0.2) is 21.6 Å². The summed E-state index contributed by atoms with van der Waals surface area (Å²) in [7, 11) is 0. The molecule has 0 atom stereocenters. The highest BCUT2D eigenvalue weighted by Crippen LogP contribution is 2.17. The molecule has 162 valence electrons. The van der Waals surface area contributed by atoms with E-state index in [1.54, 1.807) is 0 Å². The van der Waals surface area contributed by atoms with Gasteiger partial charge < -0.3 is 10.6 Å². The van der Waals surface area contributed by atoms with E-state index in [0.717, 1.165) is 39.5 Å². The van der Waals surface area contributed by atoms with Crippen LogP contribution < -0.4 is 10.6 Å². The summed E-state index contributed by atoms with van der Waals surface area (Å²) >= 11 is 0. The maximum absolute atomic E-state index is 12.3. The molecule has 0 fully saturated rings. The SMILES string of the molecule is Cc1ccc(NC(=O)CCc2c(C)nn(CCC(=O)Nc3ccc(C)cc3)c2C)cc1. The average Bonchev–Trinajstić information content (AvgIpc) is 3.01. The molecular weight excluding hydrogens is 388 g/mol. The summed E-state index contributed by atoms with van der Waals surface area (Å²) in [5.74, 6) is -0.0664. The molecule has 0 saturated carbocycles. The lowest BCUT2D eigenvalue weighted by Gasteiger charge is -2.08. The number of aromatic nitrogens is 2. The Morgan fingerprint density at radius 2 is 1.26 bits per heavy atom. The number of carbonyl (C=O) groups excluding carboxylic acids is 2. The van der Waals surface area contributed by atoms with Gasteiger partial charge >= 0.3 is 0 Å². The average molecular weight is 419 g/mol. The zero-order chi connectivity index (χ0) is 22.4. The zero-order valence-electron chi connectivity index (χ0n) is 18.7. The summed E-state index contributed by atoms with van der Waals surface area (Å²) in [6.07, 6.45) is 1.34. The number of hydrogen-bond donors (Lipinski definition) is 2. The second kappa shape index (κ2) is 10.1. The molecule has 0 unspecified atom stereocenters. The summed E-state index contributed by atoms with van der Waals surface area (Å²) in [4.78, 5) is 24.6. The predicted molar refractivity (Wildman–Crippen MR) is 124 cm³/mol. The first-order valence-electron chi connectivity index (χ1n) is 10.6. The van der Waals surface area contributed by atoms with Crippen molar-refractivity contribution in [2.24, 2.45) is 0 Å². The van der Waals surface area contributed by atoms with Gasteiger partial charge in [0.25, 0.3) is 0 Å². The van der Waals surface area contributed by atoms with Crippen LogP contribution in [0, 0.1) is 27.7 Å². The summed E-state index contributed by atoms with van der Waals surface area (Å²) in [5.41, 5.74) is 6.88. The van der Waals surface area contributed by atoms with Gasteiger partial charge in [-0.1, -0.05) is 35.4 Å². The molecule has 0 bridgehead atoms. The Morgan fingerprint density at radius 3 is 1.77 bits per heavy atom. The van der Waals surface area contributed by atoms with E-state index in [-0.39, 0.29) is 11.8 Å². The number of amides is 2. The van der Waals surface area contributed by atoms with Crippen LogP contribution in [0.2, 0.25) is 0 Å². The molecule has 2 N–H and O–H groups in total. The summed E-state index contributed by atoms with van der Waals surface area (Å²) in [6.45, 7) is 8.47. The minimum atomic E-state index is -0.0459. The van der Waals surface area contributed by atoms with Gasteiger partial charge in [0, 0.05) is 36.5 Å². The van der Waals surface area contributed by atoms with Crippen LogP contribution in [0.1, 0.15) is 40.9 Å². The molecule has 1 aromatic heterocycles. The third-order valence-corrected chi connectivity index (χ3v) is 5.35. The van der Waals surface area contributed by atoms with Gasteiger partial charge in [-0.3, -0.25) is 14.3 Å². The number of anilines is 2. The normalized spacial score (nSPS) is 10.7. The number of benzene rings is 2. The van der Waals surface area contributed by atoms with Crippen molar-refractivity contribution in [1.29, 1.82) is 0 Å². The number of carbonyl (C=O) groups is 2. The first-order chi connectivity index (χ1) is 14.8. The Labute approximate surface area is 183 Å². The van der Waals surface area contributed by atoms with Crippen LogP contribution in [-0.2, 0) is 22.6 Å². The molecule has 3 aromatic rings. The van der Waals surface area contributed by atoms with Crippen molar-refractivity contribution >= 4 is 23.2 Å². The molecule has 6 heteroatoms. The van der Waals surface area contributed by atoms with Gasteiger partial charge in [0.05, 0.1) is 5.69 Å². The van der Waals surface area contributed by atoms with Crippen molar-refractivity contribution in [3.63, 3.8) is 0 Å². The van der Waals surface area contributed by atoms with Crippen LogP contribution in [0.5, 0.6) is 0 Å². The highest BCUT2D eigenvalue weighted by Gasteiger charge is 2.14. The Morgan fingerprint density at radius 1 is 0.774 bits per heavy atom. The third kappa shape index (κ3) is 6.28. The highest BCUT2D eigenvalue weighted by atomic mass is 16.2. The molecule has 3 rings (SSSR count). The van der Waals surface area contributed by atoms with Gasteiger partial charge in [0.2, 0.25) is 11.8 Å². The largest absolute Gasteiger partial charge is 0.326 e. The fourth-order valence-electron chi connectivity index (χ4n) is 3.48. The van der Waals surface area contributed by atoms with Crippen molar-refractivity contribution in [1.82, 2.24) is 9.78 Å². The number of aryl methyl sites for hydroxylation is 4. The van der Waals surface area contributed by atoms with Crippen molar-refractivity contribution in [2.45, 2.75) is 53.5 Å². The second-order valence-electron chi connectivity index (χ2n) is 7.95. The Bertz CT molecular complexity index is 1050. The number of nitrogens with one attached hydrogen (secondary N) is 2. The molecule has 0 saturated heterocycles. The van der Waals surface area contributed by atoms with Crippen molar-refractivity contribution < 1.29 is 9.59 Å². The van der Waals surface area contributed by atoms with E-state index in [4.69, 9.17) is 0 Å². The van der Waals surface area contributed by atoms with Crippen molar-refractivity contribution in [3.05, 3.63) is 76.6 Å². The van der Waals surface area contributed by atoms with Crippen molar-refractivity contribution in [2.75, 3.05) is 10.6 Å². The van der Waals surface area contributed by atoms with E-state index in [9.17, 15) is 9.59 Å². The van der Waals surface area contributed by atoms with Crippen LogP contribution in [0.15, 0.2) is 48.5 Å². The van der Waals surface area contributed by atoms with Crippen LogP contribution in [0.25, 0.3) is 0 Å². The summed E-state index contributed by atoms with van der Waals surface area (Å²) < 4.78 is 1.86. The third-order valence-electron chi connectivity index (χ3n) is 5.35. The Balaban J connectivity index is 1.52. The number of hydrogen-bond acceptors (Lipinski definition) is 3. The minimum Gasteiger partial charge on any atom is -0.326 e. The second-order valence-corrected chi connectivity index (χ2v) is 7.95. The standard InChI is InChI=1S/C25H30N4O2/c1-17-5-9-21(10-6-17)26-24(30)14-13-23-19(3)28-29(20(23)4)16-15-25(31)27-22-11-7-18(2)8-12-22/h5-12H,13-16H2,1-4H3,(H,26,30)(H,27,31). The van der Waals surface area contributed by atoms with Crippen LogP contribution >= 0.6 is 0 Å². The van der Waals surface area contributed by atoms with E-state index >= 15 is 0 Å². The minimum absolute atomic E-state index is 0.0205. The van der Waals surface area contributed by atoms with Gasteiger partial charge in [-0.2, -0.15) is 5.10 Å². The number of nitrogens with zero attached hydrogens (tertiary/aromatic N) is 2. The zero-order valence-corrected chi connectivity index (χ0v) is 18.7. The lowest BCUT2D eigenvalue weighted by molar-refractivity contribution is -0.117. The van der Waals surface area contributed by atoms with Gasteiger partial charge in [-0.15, -0.1) is 0 Å². The van der Waals surface area contributed by atoms with Gasteiger partial charge in [-0.05, 0) is 63.9 Å². The molecule has 0 spiro atoms. The van der Waals surface area contributed by atoms with Gasteiger partial charge in [0.1, 0.15) is 0 Å². The van der Waals surface area contributed by atoms with Crippen molar-refractivity contribution in [3.8, 4) is 0 Å². The van der Waals surface area contributed by atoms with Crippen LogP contribution in [0.4, 0.5) is 11.4 Å². The molecule has 1 heterocycles. The maximum Gasteiger partial charge on any atom is 0.226 e. The molecule has 0 aliphatic carbocycles.